The molecule has 3 heterocycles. The van der Waals surface area contributed by atoms with Crippen molar-refractivity contribution in [2.45, 2.75) is 12.5 Å². The van der Waals surface area contributed by atoms with Gasteiger partial charge in [-0.2, -0.15) is 0 Å². The third kappa shape index (κ3) is 4.06. The summed E-state index contributed by atoms with van der Waals surface area (Å²) in [5.41, 5.74) is 2.30. The van der Waals surface area contributed by atoms with E-state index in [9.17, 15) is 4.79 Å². The lowest BCUT2D eigenvalue weighted by atomic mass is 10.1. The third-order valence-electron chi connectivity index (χ3n) is 4.32. The van der Waals surface area contributed by atoms with Gasteiger partial charge < -0.3 is 14.8 Å². The van der Waals surface area contributed by atoms with Crippen molar-refractivity contribution in [1.82, 2.24) is 15.3 Å². The number of carbonyl (C=O) groups excluding carboxylic acids is 1. The number of benzene rings is 1. The molecule has 0 fully saturated rings. The Bertz CT molecular complexity index is 913. The number of nitrogens with one attached hydrogen (secondary N) is 1. The van der Waals surface area contributed by atoms with E-state index < -0.39 is 0 Å². The van der Waals surface area contributed by atoms with Gasteiger partial charge in [0.2, 0.25) is 0 Å². The summed E-state index contributed by atoms with van der Waals surface area (Å²) in [6.45, 7) is 0.982. The van der Waals surface area contributed by atoms with E-state index in [0.29, 0.717) is 25.1 Å². The van der Waals surface area contributed by atoms with Crippen LogP contribution in [0.3, 0.4) is 0 Å². The van der Waals surface area contributed by atoms with E-state index in [1.54, 1.807) is 24.7 Å². The number of hydrogen-bond donors (Lipinski definition) is 1. The molecule has 4 rings (SSSR count). The first-order valence-electron chi connectivity index (χ1n) is 8.83. The number of ether oxygens (including phenoxy) is 2. The van der Waals surface area contributed by atoms with Crippen LogP contribution in [-0.4, -0.2) is 35.1 Å². The minimum absolute atomic E-state index is 0.0765. The van der Waals surface area contributed by atoms with E-state index in [1.807, 2.05) is 42.5 Å². The summed E-state index contributed by atoms with van der Waals surface area (Å²) < 4.78 is 11.6. The van der Waals surface area contributed by atoms with Crippen molar-refractivity contribution >= 4 is 5.91 Å². The monoisotopic (exact) mass is 361 g/mol. The fourth-order valence-corrected chi connectivity index (χ4v) is 2.88. The topological polar surface area (TPSA) is 73.3 Å². The van der Waals surface area contributed by atoms with Gasteiger partial charge in [-0.3, -0.25) is 14.8 Å². The largest absolute Gasteiger partial charge is 0.486 e. The predicted octanol–water partition coefficient (Wildman–Crippen LogP) is 3.10. The van der Waals surface area contributed by atoms with E-state index in [0.717, 1.165) is 22.8 Å². The van der Waals surface area contributed by atoms with Crippen molar-refractivity contribution in [1.29, 1.82) is 0 Å². The van der Waals surface area contributed by atoms with Crippen LogP contribution in [-0.2, 0) is 0 Å². The molecule has 1 N–H and O–H groups in total. The Labute approximate surface area is 157 Å². The van der Waals surface area contributed by atoms with Gasteiger partial charge in [-0.1, -0.05) is 12.1 Å². The number of fused-ring (bicyclic) bond motifs is 1. The minimum atomic E-state index is -0.152. The molecule has 0 unspecified atom stereocenters. The first kappa shape index (κ1) is 17.0. The molecule has 1 atom stereocenters. The van der Waals surface area contributed by atoms with Crippen LogP contribution in [0.1, 0.15) is 16.8 Å². The van der Waals surface area contributed by atoms with Crippen LogP contribution in [0.4, 0.5) is 0 Å². The molecule has 0 bridgehead atoms. The Morgan fingerprint density at radius 2 is 1.89 bits per heavy atom. The maximum Gasteiger partial charge on any atom is 0.252 e. The average Bonchev–Trinajstić information content (AvgIpc) is 2.74. The second-order valence-electron chi connectivity index (χ2n) is 6.21. The third-order valence-corrected chi connectivity index (χ3v) is 4.32. The highest BCUT2D eigenvalue weighted by atomic mass is 16.6. The van der Waals surface area contributed by atoms with Gasteiger partial charge in [-0.05, 0) is 36.4 Å². The maximum absolute atomic E-state index is 12.3. The zero-order valence-corrected chi connectivity index (χ0v) is 14.7. The Morgan fingerprint density at radius 1 is 1.07 bits per heavy atom. The molecule has 3 aromatic rings. The van der Waals surface area contributed by atoms with Crippen molar-refractivity contribution in [3.63, 3.8) is 0 Å². The standard InChI is InChI=1S/C21H19N3O3/c25-21(16-5-6-18(24-13-16)15-7-10-22-11-8-15)23-12-9-17-14-26-19-3-1-2-4-20(19)27-17/h1-8,10-11,13,17H,9,12,14H2,(H,23,25)/t17-/m1/s1. The van der Waals surface area contributed by atoms with E-state index in [2.05, 4.69) is 15.3 Å². The number of aromatic nitrogens is 2. The molecule has 0 radical (unpaired) electrons. The zero-order valence-electron chi connectivity index (χ0n) is 14.7. The highest BCUT2D eigenvalue weighted by molar-refractivity contribution is 5.94. The van der Waals surface area contributed by atoms with E-state index in [4.69, 9.17) is 9.47 Å². The normalized spacial score (nSPS) is 15.2. The molecule has 0 aliphatic carbocycles. The highest BCUT2D eigenvalue weighted by Crippen LogP contribution is 2.31. The molecular formula is C21H19N3O3. The molecule has 0 saturated heterocycles. The molecular weight excluding hydrogens is 342 g/mol. The van der Waals surface area contributed by atoms with Crippen LogP contribution in [0.15, 0.2) is 67.1 Å². The number of hydrogen-bond acceptors (Lipinski definition) is 5. The van der Waals surface area contributed by atoms with Crippen molar-refractivity contribution in [3.05, 3.63) is 72.7 Å². The van der Waals surface area contributed by atoms with Crippen molar-refractivity contribution in [3.8, 4) is 22.8 Å². The van der Waals surface area contributed by atoms with Crippen LogP contribution >= 0.6 is 0 Å². The molecule has 1 aliphatic heterocycles. The lowest BCUT2D eigenvalue weighted by Crippen LogP contribution is -2.34. The van der Waals surface area contributed by atoms with Gasteiger partial charge in [0.05, 0.1) is 11.3 Å². The number of rotatable bonds is 5. The first-order chi connectivity index (χ1) is 13.3. The number of amides is 1. The first-order valence-corrected chi connectivity index (χ1v) is 8.83. The molecule has 136 valence electrons. The minimum Gasteiger partial charge on any atom is -0.486 e. The Hall–Kier alpha value is -3.41. The number of para-hydroxylation sites is 2. The smallest absolute Gasteiger partial charge is 0.252 e. The van der Waals surface area contributed by atoms with Crippen LogP contribution in [0.2, 0.25) is 0 Å². The van der Waals surface area contributed by atoms with Gasteiger partial charge in [0, 0.05) is 37.1 Å². The van der Waals surface area contributed by atoms with Crippen LogP contribution in [0.25, 0.3) is 11.3 Å². The van der Waals surface area contributed by atoms with Gasteiger partial charge in [0.15, 0.2) is 11.5 Å². The quantitative estimate of drug-likeness (QED) is 0.756. The van der Waals surface area contributed by atoms with Gasteiger partial charge >= 0.3 is 0 Å². The van der Waals surface area contributed by atoms with E-state index in [-0.39, 0.29) is 12.0 Å². The van der Waals surface area contributed by atoms with E-state index >= 15 is 0 Å². The fraction of sp³-hybridized carbons (Fsp3) is 0.190. The van der Waals surface area contributed by atoms with Crippen LogP contribution in [0.5, 0.6) is 11.5 Å². The number of carbonyl (C=O) groups is 1. The molecule has 0 spiro atoms. The summed E-state index contributed by atoms with van der Waals surface area (Å²) >= 11 is 0. The second-order valence-corrected chi connectivity index (χ2v) is 6.21. The molecule has 6 nitrogen and oxygen atoms in total. The predicted molar refractivity (Wildman–Crippen MR) is 101 cm³/mol. The summed E-state index contributed by atoms with van der Waals surface area (Å²) in [5, 5.41) is 2.90. The van der Waals surface area contributed by atoms with Gasteiger partial charge in [-0.25, -0.2) is 0 Å². The van der Waals surface area contributed by atoms with Crippen molar-refractivity contribution in [2.24, 2.45) is 0 Å². The summed E-state index contributed by atoms with van der Waals surface area (Å²) in [5.74, 6) is 1.36. The lowest BCUT2D eigenvalue weighted by molar-refractivity contribution is 0.0812. The Morgan fingerprint density at radius 3 is 2.67 bits per heavy atom. The van der Waals surface area contributed by atoms with Crippen molar-refractivity contribution < 1.29 is 14.3 Å². The zero-order chi connectivity index (χ0) is 18.5. The van der Waals surface area contributed by atoms with Crippen molar-refractivity contribution in [2.75, 3.05) is 13.2 Å². The van der Waals surface area contributed by atoms with Crippen LogP contribution < -0.4 is 14.8 Å². The lowest BCUT2D eigenvalue weighted by Gasteiger charge is -2.26. The molecule has 1 amide bonds. The summed E-state index contributed by atoms with van der Waals surface area (Å²) in [6.07, 6.45) is 5.61. The molecule has 27 heavy (non-hydrogen) atoms. The summed E-state index contributed by atoms with van der Waals surface area (Å²) in [4.78, 5) is 20.6. The van der Waals surface area contributed by atoms with Gasteiger partial charge in [0.25, 0.3) is 5.91 Å². The molecule has 1 aliphatic rings. The summed E-state index contributed by atoms with van der Waals surface area (Å²) in [7, 11) is 0. The Balaban J connectivity index is 1.29. The number of pyridine rings is 2. The van der Waals surface area contributed by atoms with E-state index in [1.165, 1.54) is 0 Å². The molecule has 1 aromatic carbocycles. The highest BCUT2D eigenvalue weighted by Gasteiger charge is 2.20. The van der Waals surface area contributed by atoms with Gasteiger partial charge in [-0.15, -0.1) is 0 Å². The fourth-order valence-electron chi connectivity index (χ4n) is 2.88. The number of nitrogens with zero attached hydrogens (tertiary/aromatic N) is 2. The molecule has 2 aromatic heterocycles. The molecule has 6 heteroatoms. The second kappa shape index (κ2) is 7.86. The molecule has 0 saturated carbocycles. The maximum atomic E-state index is 12.3. The van der Waals surface area contributed by atoms with Crippen LogP contribution in [0, 0.1) is 0 Å². The average molecular weight is 361 g/mol. The Kier molecular flexibility index (Phi) is 4.96. The SMILES string of the molecule is O=C(NCC[C@@H]1COc2ccccc2O1)c1ccc(-c2ccncc2)nc1. The van der Waals surface area contributed by atoms with Gasteiger partial charge in [0.1, 0.15) is 12.7 Å². The summed E-state index contributed by atoms with van der Waals surface area (Å²) in [6, 6.07) is 15.0.